The standard InChI is InChI=1S/C16H19ClN4/c1-20-10-12(9-19-20)5-7-21-11-13(4-6-18)15-3-2-14(17)8-16(15)21/h2-3,8-11H,4-7,18H2,1H3. The summed E-state index contributed by atoms with van der Waals surface area (Å²) < 4.78 is 4.10. The summed E-state index contributed by atoms with van der Waals surface area (Å²) in [5.74, 6) is 0. The molecule has 0 radical (unpaired) electrons. The molecule has 0 amide bonds. The summed E-state index contributed by atoms with van der Waals surface area (Å²) in [5.41, 5.74) is 9.41. The molecule has 2 N–H and O–H groups in total. The van der Waals surface area contributed by atoms with Gasteiger partial charge in [-0.2, -0.15) is 5.10 Å². The molecule has 21 heavy (non-hydrogen) atoms. The van der Waals surface area contributed by atoms with Gasteiger partial charge in [-0.1, -0.05) is 17.7 Å². The van der Waals surface area contributed by atoms with Crippen LogP contribution in [0.15, 0.2) is 36.8 Å². The first kappa shape index (κ1) is 14.2. The highest BCUT2D eigenvalue weighted by Crippen LogP contribution is 2.25. The van der Waals surface area contributed by atoms with E-state index in [1.54, 1.807) is 0 Å². The molecule has 0 aliphatic carbocycles. The van der Waals surface area contributed by atoms with Crippen molar-refractivity contribution < 1.29 is 0 Å². The van der Waals surface area contributed by atoms with Crippen LogP contribution in [0.1, 0.15) is 11.1 Å². The average molecular weight is 303 g/mol. The molecule has 1 aromatic carbocycles. The van der Waals surface area contributed by atoms with Gasteiger partial charge in [-0.15, -0.1) is 0 Å². The van der Waals surface area contributed by atoms with Gasteiger partial charge in [-0.25, -0.2) is 0 Å². The van der Waals surface area contributed by atoms with Gasteiger partial charge in [0, 0.05) is 41.9 Å². The molecule has 0 unspecified atom stereocenters. The minimum absolute atomic E-state index is 0.657. The van der Waals surface area contributed by atoms with Crippen LogP contribution in [0.25, 0.3) is 10.9 Å². The van der Waals surface area contributed by atoms with Crippen molar-refractivity contribution in [2.75, 3.05) is 6.54 Å². The Morgan fingerprint density at radius 1 is 1.24 bits per heavy atom. The van der Waals surface area contributed by atoms with E-state index in [2.05, 4.69) is 28.1 Å². The number of nitrogens with zero attached hydrogens (tertiary/aromatic N) is 3. The van der Waals surface area contributed by atoms with Gasteiger partial charge in [0.15, 0.2) is 0 Å². The zero-order chi connectivity index (χ0) is 14.8. The van der Waals surface area contributed by atoms with Gasteiger partial charge in [0.05, 0.1) is 6.20 Å². The summed E-state index contributed by atoms with van der Waals surface area (Å²) in [6, 6.07) is 6.05. The van der Waals surface area contributed by atoms with Crippen molar-refractivity contribution in [3.05, 3.63) is 52.9 Å². The van der Waals surface area contributed by atoms with E-state index in [1.165, 1.54) is 22.0 Å². The Bertz CT molecular complexity index is 757. The molecule has 0 aliphatic heterocycles. The highest BCUT2D eigenvalue weighted by Gasteiger charge is 2.09. The van der Waals surface area contributed by atoms with Crippen molar-refractivity contribution in [1.29, 1.82) is 0 Å². The van der Waals surface area contributed by atoms with Crippen LogP contribution in [0.4, 0.5) is 0 Å². The molecular weight excluding hydrogens is 284 g/mol. The number of aryl methyl sites for hydroxylation is 3. The number of halogens is 1. The van der Waals surface area contributed by atoms with Crippen LogP contribution < -0.4 is 5.73 Å². The van der Waals surface area contributed by atoms with E-state index in [4.69, 9.17) is 17.3 Å². The van der Waals surface area contributed by atoms with Crippen LogP contribution in [0, 0.1) is 0 Å². The third-order valence-electron chi connectivity index (χ3n) is 3.74. The second kappa shape index (κ2) is 5.92. The average Bonchev–Trinajstić information content (AvgIpc) is 3.01. The molecule has 0 aliphatic rings. The van der Waals surface area contributed by atoms with Gasteiger partial charge in [-0.3, -0.25) is 4.68 Å². The summed E-state index contributed by atoms with van der Waals surface area (Å²) >= 11 is 6.15. The topological polar surface area (TPSA) is 48.8 Å². The lowest BCUT2D eigenvalue weighted by atomic mass is 10.1. The van der Waals surface area contributed by atoms with Gasteiger partial charge < -0.3 is 10.3 Å². The quantitative estimate of drug-likeness (QED) is 0.788. The van der Waals surface area contributed by atoms with E-state index < -0.39 is 0 Å². The van der Waals surface area contributed by atoms with Gasteiger partial charge in [0.2, 0.25) is 0 Å². The third kappa shape index (κ3) is 2.96. The summed E-state index contributed by atoms with van der Waals surface area (Å²) in [6.45, 7) is 1.57. The zero-order valence-electron chi connectivity index (χ0n) is 12.1. The predicted molar refractivity (Wildman–Crippen MR) is 86.6 cm³/mol. The smallest absolute Gasteiger partial charge is 0.0522 e. The molecule has 0 spiro atoms. The van der Waals surface area contributed by atoms with Crippen molar-refractivity contribution >= 4 is 22.5 Å². The summed E-state index contributed by atoms with van der Waals surface area (Å²) in [5, 5.41) is 6.22. The normalized spacial score (nSPS) is 11.4. The van der Waals surface area contributed by atoms with Crippen molar-refractivity contribution in [3.8, 4) is 0 Å². The lowest BCUT2D eigenvalue weighted by Crippen LogP contribution is -2.02. The summed E-state index contributed by atoms with van der Waals surface area (Å²) in [6.07, 6.45) is 8.01. The van der Waals surface area contributed by atoms with Crippen molar-refractivity contribution in [2.24, 2.45) is 12.8 Å². The van der Waals surface area contributed by atoms with Crippen LogP contribution >= 0.6 is 11.6 Å². The van der Waals surface area contributed by atoms with Crippen molar-refractivity contribution in [3.63, 3.8) is 0 Å². The fraction of sp³-hybridized carbons (Fsp3) is 0.312. The van der Waals surface area contributed by atoms with Crippen LogP contribution in [-0.2, 0) is 26.4 Å². The van der Waals surface area contributed by atoms with Gasteiger partial charge in [0.25, 0.3) is 0 Å². The number of hydrogen-bond donors (Lipinski definition) is 1. The number of fused-ring (bicyclic) bond motifs is 1. The number of aromatic nitrogens is 3. The molecule has 0 saturated heterocycles. The fourth-order valence-electron chi connectivity index (χ4n) is 2.73. The monoisotopic (exact) mass is 302 g/mol. The molecule has 2 heterocycles. The van der Waals surface area contributed by atoms with Gasteiger partial charge in [-0.05, 0) is 42.6 Å². The number of nitrogens with two attached hydrogens (primary N) is 1. The molecule has 110 valence electrons. The molecule has 0 saturated carbocycles. The Morgan fingerprint density at radius 3 is 2.81 bits per heavy atom. The molecule has 0 fully saturated rings. The van der Waals surface area contributed by atoms with E-state index in [9.17, 15) is 0 Å². The van der Waals surface area contributed by atoms with Crippen LogP contribution in [0.3, 0.4) is 0 Å². The van der Waals surface area contributed by atoms with E-state index in [1.807, 2.05) is 30.1 Å². The Morgan fingerprint density at radius 2 is 2.10 bits per heavy atom. The van der Waals surface area contributed by atoms with Crippen LogP contribution in [-0.4, -0.2) is 20.9 Å². The van der Waals surface area contributed by atoms with E-state index in [0.717, 1.165) is 24.4 Å². The summed E-state index contributed by atoms with van der Waals surface area (Å²) in [7, 11) is 1.94. The SMILES string of the molecule is Cn1cc(CCn2cc(CCN)c3ccc(Cl)cc32)cn1. The zero-order valence-corrected chi connectivity index (χ0v) is 12.8. The lowest BCUT2D eigenvalue weighted by Gasteiger charge is -2.04. The minimum atomic E-state index is 0.657. The van der Waals surface area contributed by atoms with Crippen LogP contribution in [0.5, 0.6) is 0 Å². The molecule has 3 rings (SSSR count). The molecule has 5 heteroatoms. The van der Waals surface area contributed by atoms with Gasteiger partial charge in [0.1, 0.15) is 0 Å². The Labute approximate surface area is 129 Å². The molecule has 0 atom stereocenters. The summed E-state index contributed by atoms with van der Waals surface area (Å²) in [4.78, 5) is 0. The fourth-order valence-corrected chi connectivity index (χ4v) is 2.90. The first-order chi connectivity index (χ1) is 10.2. The van der Waals surface area contributed by atoms with E-state index in [-0.39, 0.29) is 0 Å². The van der Waals surface area contributed by atoms with E-state index in [0.29, 0.717) is 6.54 Å². The van der Waals surface area contributed by atoms with Gasteiger partial charge >= 0.3 is 0 Å². The first-order valence-electron chi connectivity index (χ1n) is 7.12. The number of benzene rings is 1. The largest absolute Gasteiger partial charge is 0.347 e. The molecule has 0 bridgehead atoms. The van der Waals surface area contributed by atoms with Crippen LogP contribution in [0.2, 0.25) is 5.02 Å². The van der Waals surface area contributed by atoms with Crippen molar-refractivity contribution in [2.45, 2.75) is 19.4 Å². The highest BCUT2D eigenvalue weighted by atomic mass is 35.5. The maximum absolute atomic E-state index is 6.15. The third-order valence-corrected chi connectivity index (χ3v) is 3.98. The highest BCUT2D eigenvalue weighted by molar-refractivity contribution is 6.31. The molecular formula is C16H19ClN4. The molecule has 2 aromatic heterocycles. The Hall–Kier alpha value is -1.78. The predicted octanol–water partition coefficient (Wildman–Crippen LogP) is 2.77. The molecule has 4 nitrogen and oxygen atoms in total. The second-order valence-corrected chi connectivity index (χ2v) is 5.76. The van der Waals surface area contributed by atoms with E-state index >= 15 is 0 Å². The minimum Gasteiger partial charge on any atom is -0.347 e. The molecule has 3 aromatic rings. The second-order valence-electron chi connectivity index (χ2n) is 5.32. The first-order valence-corrected chi connectivity index (χ1v) is 7.50. The number of hydrogen-bond acceptors (Lipinski definition) is 2. The Balaban J connectivity index is 1.91. The maximum Gasteiger partial charge on any atom is 0.0522 e. The number of rotatable bonds is 5. The lowest BCUT2D eigenvalue weighted by molar-refractivity contribution is 0.717. The Kier molecular flexibility index (Phi) is 3.99. The van der Waals surface area contributed by atoms with Crippen molar-refractivity contribution in [1.82, 2.24) is 14.3 Å². The maximum atomic E-state index is 6.15.